The number of hydrogen-bond acceptors (Lipinski definition) is 9. The van der Waals surface area contributed by atoms with Crippen LogP contribution in [0.4, 0.5) is 9.59 Å². The normalized spacial score (nSPS) is 19.8. The lowest BCUT2D eigenvalue weighted by molar-refractivity contribution is 0.157. The third kappa shape index (κ3) is 10.4. The molecule has 0 radical (unpaired) electrons. The average molecular weight is 791 g/mol. The Kier molecular flexibility index (Phi) is 14.8. The summed E-state index contributed by atoms with van der Waals surface area (Å²) in [7, 11) is 1.45. The number of nitrogens with one attached hydrogen (secondary N) is 1. The van der Waals surface area contributed by atoms with E-state index in [2.05, 4.69) is 15.3 Å². The van der Waals surface area contributed by atoms with Crippen LogP contribution in [0.2, 0.25) is 10.3 Å². The lowest BCUT2D eigenvalue weighted by Gasteiger charge is -2.35. The fraction of sp³-hybridized carbons (Fsp3) is 0.571. The minimum Gasteiger partial charge on any atom is -0.326 e. The minimum atomic E-state index is -3.67. The number of urea groups is 2. The topological polar surface area (TPSA) is 156 Å². The van der Waals surface area contributed by atoms with Crippen molar-refractivity contribution in [2.75, 3.05) is 66.5 Å². The lowest BCUT2D eigenvalue weighted by Crippen LogP contribution is -2.47. The number of sulfonamides is 1. The van der Waals surface area contributed by atoms with Crippen molar-refractivity contribution in [1.82, 2.24) is 39.2 Å². The first-order chi connectivity index (χ1) is 22.2. The molecule has 48 heavy (non-hydrogen) atoms. The van der Waals surface area contributed by atoms with Gasteiger partial charge in [0, 0.05) is 88.5 Å². The molecule has 0 spiro atoms. The molecule has 0 saturated carbocycles. The number of pyridine rings is 2. The first-order valence-electron chi connectivity index (χ1n) is 15.1. The number of carbonyl (C=O) groups is 2. The maximum atomic E-state index is 12.6. The van der Waals surface area contributed by atoms with E-state index in [-0.39, 0.29) is 50.6 Å². The second kappa shape index (κ2) is 17.7. The molecule has 6 rings (SSSR count). The van der Waals surface area contributed by atoms with Gasteiger partial charge in [0.1, 0.15) is 20.1 Å². The van der Waals surface area contributed by atoms with Crippen molar-refractivity contribution < 1.29 is 26.4 Å². The van der Waals surface area contributed by atoms with Gasteiger partial charge in [-0.05, 0) is 63.0 Å². The fourth-order valence-electron chi connectivity index (χ4n) is 5.70. The first-order valence-corrected chi connectivity index (χ1v) is 19.6. The molecule has 20 heteroatoms. The molecule has 2 aromatic heterocycles. The van der Waals surface area contributed by atoms with Crippen molar-refractivity contribution in [1.29, 1.82) is 0 Å². The van der Waals surface area contributed by atoms with Gasteiger partial charge in [0.05, 0.1) is 0 Å². The van der Waals surface area contributed by atoms with Crippen LogP contribution in [0.25, 0.3) is 0 Å². The fourth-order valence-corrected chi connectivity index (χ4v) is 8.02. The summed E-state index contributed by atoms with van der Waals surface area (Å²) in [6, 6.07) is 6.44. The predicted molar refractivity (Wildman–Crippen MR) is 186 cm³/mol. The van der Waals surface area contributed by atoms with Crippen LogP contribution in [0.15, 0.2) is 46.5 Å². The van der Waals surface area contributed by atoms with E-state index in [9.17, 15) is 26.4 Å². The maximum Gasteiger partial charge on any atom is 0.320 e. The van der Waals surface area contributed by atoms with Crippen molar-refractivity contribution in [3.8, 4) is 0 Å². The number of amides is 4. The summed E-state index contributed by atoms with van der Waals surface area (Å²) < 4.78 is 47.9. The molecule has 0 bridgehead atoms. The number of likely N-dealkylation sites (N-methyl/N-ethyl adjacent to an activating group) is 2. The summed E-state index contributed by atoms with van der Waals surface area (Å²) in [6.07, 6.45) is 5.91. The zero-order chi connectivity index (χ0) is 34.4. The van der Waals surface area contributed by atoms with Gasteiger partial charge in [-0.25, -0.2) is 36.4 Å². The summed E-state index contributed by atoms with van der Waals surface area (Å²) in [6.45, 7) is 6.17. The average Bonchev–Trinajstić information content (AvgIpc) is 3.57. The molecule has 6 heterocycles. The van der Waals surface area contributed by atoms with E-state index in [0.29, 0.717) is 38.5 Å². The Morgan fingerprint density at radius 1 is 0.688 bits per heavy atom. The Labute approximate surface area is 302 Å². The van der Waals surface area contributed by atoms with Gasteiger partial charge in [0.2, 0.25) is 10.0 Å². The molecule has 0 aromatic carbocycles. The predicted octanol–water partition coefficient (Wildman–Crippen LogP) is 3.45. The molecule has 0 unspecified atom stereocenters. The summed E-state index contributed by atoms with van der Waals surface area (Å²) in [5.74, 6) is 0. The largest absolute Gasteiger partial charge is 0.326 e. The van der Waals surface area contributed by atoms with E-state index >= 15 is 0 Å². The molecule has 4 fully saturated rings. The van der Waals surface area contributed by atoms with Gasteiger partial charge in [-0.1, -0.05) is 23.2 Å². The second-order valence-electron chi connectivity index (χ2n) is 11.5. The van der Waals surface area contributed by atoms with Gasteiger partial charge in [-0.2, -0.15) is 4.31 Å². The first kappa shape index (κ1) is 40.3. The van der Waals surface area contributed by atoms with Crippen LogP contribution in [0.5, 0.6) is 0 Å². The van der Waals surface area contributed by atoms with E-state index < -0.39 is 19.1 Å². The number of halogens is 4. The molecule has 14 nitrogen and oxygen atoms in total. The minimum absolute atomic E-state index is 0. The number of piperidine rings is 2. The van der Waals surface area contributed by atoms with Crippen LogP contribution in [0.3, 0.4) is 0 Å². The van der Waals surface area contributed by atoms with E-state index in [0.717, 1.165) is 51.8 Å². The van der Waals surface area contributed by atoms with Gasteiger partial charge in [0.15, 0.2) is 0 Å². The smallest absolute Gasteiger partial charge is 0.320 e. The zero-order valence-electron chi connectivity index (χ0n) is 26.5. The highest BCUT2D eigenvalue weighted by Gasteiger charge is 2.37. The van der Waals surface area contributed by atoms with Crippen LogP contribution in [-0.4, -0.2) is 141 Å². The Balaban J connectivity index is 0.000000212. The number of hydrogen-bond donors (Lipinski definition) is 1. The Morgan fingerprint density at radius 3 is 1.50 bits per heavy atom. The summed E-state index contributed by atoms with van der Waals surface area (Å²) >= 11 is 11.1. The molecule has 1 N–H and O–H groups in total. The van der Waals surface area contributed by atoms with Crippen molar-refractivity contribution in [2.45, 2.75) is 47.6 Å². The summed E-state index contributed by atoms with van der Waals surface area (Å²) in [5.41, 5.74) is 0. The van der Waals surface area contributed by atoms with Crippen LogP contribution in [0, 0.1) is 0 Å². The van der Waals surface area contributed by atoms with Crippen molar-refractivity contribution in [2.24, 2.45) is 0 Å². The highest BCUT2D eigenvalue weighted by molar-refractivity contribution is 8.13. The third-order valence-corrected chi connectivity index (χ3v) is 12.1. The third-order valence-electron chi connectivity index (χ3n) is 8.43. The standard InChI is InChI=1S/C14H19ClN4O3S.C9H17N3O.C5H3Cl2NO2S.ClH/c1-17-8-9-19(14(17)20)11-4-6-18(7-5-11)23(21,22)12-2-3-13(15)16-10-12;1-11-6-7-12(9(11)13)8-2-4-10-5-3-8;6-5-2-1-4(3-8-5)11(7,9)10;/h2-3,10-11H,4-9H2,1H3;8,10H,2-7H2,1H3;1-3H;1H. The monoisotopic (exact) mass is 788 g/mol. The number of rotatable bonds is 5. The van der Waals surface area contributed by atoms with E-state index in [1.165, 1.54) is 34.8 Å². The molecule has 2 aromatic rings. The Morgan fingerprint density at radius 2 is 1.12 bits per heavy atom. The molecule has 4 aliphatic rings. The van der Waals surface area contributed by atoms with E-state index in [1.807, 2.05) is 21.7 Å². The van der Waals surface area contributed by atoms with Crippen LogP contribution in [-0.2, 0) is 19.1 Å². The number of carbonyl (C=O) groups excluding carboxylic acids is 2. The molecule has 4 amide bonds. The van der Waals surface area contributed by atoms with Crippen molar-refractivity contribution in [3.05, 3.63) is 47.0 Å². The summed E-state index contributed by atoms with van der Waals surface area (Å²) in [5, 5.41) is 3.81. The molecule has 0 aliphatic carbocycles. The van der Waals surface area contributed by atoms with Crippen LogP contribution in [0.1, 0.15) is 25.7 Å². The van der Waals surface area contributed by atoms with Crippen LogP contribution >= 0.6 is 46.3 Å². The molecular formula is C28H40Cl4N8O6S2. The van der Waals surface area contributed by atoms with Gasteiger partial charge in [0.25, 0.3) is 9.05 Å². The van der Waals surface area contributed by atoms with E-state index in [1.54, 1.807) is 11.9 Å². The molecule has 0 atom stereocenters. The Bertz CT molecular complexity index is 1590. The SMILES string of the molecule is CN1CCN(C2CCN(S(=O)(=O)c3ccc(Cl)nc3)CC2)C1=O.CN1CCN(C2CCNCC2)C1=O.Cl.O=S(=O)(Cl)c1ccc(Cl)nc1. The van der Waals surface area contributed by atoms with Gasteiger partial charge in [-0.15, -0.1) is 12.4 Å². The molecule has 4 saturated heterocycles. The molecule has 4 aliphatic heterocycles. The number of nitrogens with zero attached hydrogens (tertiary/aromatic N) is 7. The highest BCUT2D eigenvalue weighted by atomic mass is 35.7. The lowest BCUT2D eigenvalue weighted by atomic mass is 10.1. The van der Waals surface area contributed by atoms with Crippen molar-refractivity contribution >= 4 is 77.4 Å². The molecular weight excluding hydrogens is 750 g/mol. The van der Waals surface area contributed by atoms with Gasteiger partial charge < -0.3 is 24.9 Å². The van der Waals surface area contributed by atoms with Crippen molar-refractivity contribution in [3.63, 3.8) is 0 Å². The van der Waals surface area contributed by atoms with Gasteiger partial charge >= 0.3 is 12.1 Å². The van der Waals surface area contributed by atoms with E-state index in [4.69, 9.17) is 33.9 Å². The summed E-state index contributed by atoms with van der Waals surface area (Å²) in [4.78, 5) is 38.5. The molecule has 268 valence electrons. The quantitative estimate of drug-likeness (QED) is 0.354. The second-order valence-corrected chi connectivity index (χ2v) is 16.8. The Hall–Kier alpha value is -2.18. The van der Waals surface area contributed by atoms with Crippen LogP contribution < -0.4 is 5.32 Å². The highest BCUT2D eigenvalue weighted by Crippen LogP contribution is 2.25. The van der Waals surface area contributed by atoms with Gasteiger partial charge in [-0.3, -0.25) is 0 Å². The number of aromatic nitrogens is 2. The zero-order valence-corrected chi connectivity index (χ0v) is 31.3. The maximum absolute atomic E-state index is 12.6.